The van der Waals surface area contributed by atoms with E-state index in [0.29, 0.717) is 22.4 Å². The maximum atomic E-state index is 7.86. The van der Waals surface area contributed by atoms with Gasteiger partial charge in [0.2, 0.25) is 0 Å². The molecular formula is C20H20BrN5S. The Morgan fingerprint density at radius 1 is 1.07 bits per heavy atom. The van der Waals surface area contributed by atoms with Gasteiger partial charge in [-0.1, -0.05) is 64.1 Å². The fourth-order valence-corrected chi connectivity index (χ4v) is 3.34. The summed E-state index contributed by atoms with van der Waals surface area (Å²) in [6.45, 7) is 0.728. The summed E-state index contributed by atoms with van der Waals surface area (Å²) in [5, 5.41) is 15.2. The van der Waals surface area contributed by atoms with Gasteiger partial charge in [-0.25, -0.2) is 9.97 Å². The number of nitrogens with one attached hydrogen (secondary N) is 3. The molecule has 0 spiro atoms. The van der Waals surface area contributed by atoms with Crippen molar-refractivity contribution in [3.8, 4) is 0 Å². The number of hydrogen-bond donors (Lipinski definition) is 3. The van der Waals surface area contributed by atoms with Gasteiger partial charge in [-0.2, -0.15) is 0 Å². The number of anilines is 3. The van der Waals surface area contributed by atoms with Gasteiger partial charge < -0.3 is 16.0 Å². The minimum atomic E-state index is 0.615. The van der Waals surface area contributed by atoms with E-state index in [1.165, 1.54) is 23.5 Å². The lowest BCUT2D eigenvalue weighted by Crippen LogP contribution is -2.12. The minimum absolute atomic E-state index is 0.615. The summed E-state index contributed by atoms with van der Waals surface area (Å²) in [6, 6.07) is 18.1. The molecule has 3 N–H and O–H groups in total. The van der Waals surface area contributed by atoms with Gasteiger partial charge in [-0.15, -0.1) is 0 Å². The van der Waals surface area contributed by atoms with Crippen LogP contribution in [0.25, 0.3) is 0 Å². The highest BCUT2D eigenvalue weighted by Crippen LogP contribution is 2.27. The van der Waals surface area contributed by atoms with Crippen molar-refractivity contribution >= 4 is 51.2 Å². The van der Waals surface area contributed by atoms with Gasteiger partial charge in [0.25, 0.3) is 0 Å². The number of aromatic nitrogens is 2. The molecule has 5 nitrogen and oxygen atoms in total. The highest BCUT2D eigenvalue weighted by molar-refractivity contribution is 9.10. The van der Waals surface area contributed by atoms with Crippen molar-refractivity contribution in [3.63, 3.8) is 0 Å². The summed E-state index contributed by atoms with van der Waals surface area (Å²) in [5.41, 5.74) is 2.79. The Labute approximate surface area is 171 Å². The lowest BCUT2D eigenvalue weighted by Gasteiger charge is -2.15. The van der Waals surface area contributed by atoms with Gasteiger partial charge in [-0.05, 0) is 36.4 Å². The fraction of sp³-hybridized carbons (Fsp3) is 0.150. The molecule has 0 saturated heterocycles. The van der Waals surface area contributed by atoms with Crippen LogP contribution in [0.3, 0.4) is 0 Å². The zero-order valence-electron chi connectivity index (χ0n) is 14.9. The predicted octanol–water partition coefficient (Wildman–Crippen LogP) is 5.36. The smallest absolute Gasteiger partial charge is 0.191 e. The van der Waals surface area contributed by atoms with Crippen LogP contribution in [0.2, 0.25) is 0 Å². The minimum Gasteiger partial charge on any atom is -0.369 e. The van der Waals surface area contributed by atoms with Crippen LogP contribution in [-0.2, 0) is 6.42 Å². The SMILES string of the molecule is CSc1nc(NCCc2ccccc2)c(C=N)c(Nc2cccc(Br)c2)n1. The first-order valence-electron chi connectivity index (χ1n) is 8.46. The molecule has 2 aromatic carbocycles. The number of halogens is 1. The van der Waals surface area contributed by atoms with Crippen LogP contribution >= 0.6 is 27.7 Å². The number of hydrogen-bond acceptors (Lipinski definition) is 6. The Hall–Kier alpha value is -2.38. The average molecular weight is 442 g/mol. The molecule has 0 saturated carbocycles. The zero-order valence-corrected chi connectivity index (χ0v) is 17.3. The number of nitrogens with zero attached hydrogens (tertiary/aromatic N) is 2. The molecule has 1 heterocycles. The van der Waals surface area contributed by atoms with E-state index >= 15 is 0 Å². The van der Waals surface area contributed by atoms with Crippen LogP contribution in [0, 0.1) is 5.41 Å². The standard InChI is InChI=1S/C20H20BrN5S/c1-27-20-25-18(23-11-10-14-6-3-2-4-7-14)17(13-22)19(26-20)24-16-9-5-8-15(21)12-16/h2-9,12-13,22H,10-11H2,1H3,(H2,23,24,25,26). The zero-order chi connectivity index (χ0) is 19.1. The van der Waals surface area contributed by atoms with E-state index in [0.717, 1.165) is 23.1 Å². The van der Waals surface area contributed by atoms with Gasteiger partial charge in [0.1, 0.15) is 11.6 Å². The third-order valence-corrected chi connectivity index (χ3v) is 4.93. The molecule has 0 aliphatic rings. The van der Waals surface area contributed by atoms with E-state index in [9.17, 15) is 0 Å². The first-order chi connectivity index (χ1) is 13.2. The number of thioether (sulfide) groups is 1. The summed E-state index contributed by atoms with van der Waals surface area (Å²) in [5.74, 6) is 1.28. The van der Waals surface area contributed by atoms with Gasteiger partial charge in [0.15, 0.2) is 5.16 Å². The summed E-state index contributed by atoms with van der Waals surface area (Å²) in [7, 11) is 0. The number of benzene rings is 2. The highest BCUT2D eigenvalue weighted by Gasteiger charge is 2.13. The van der Waals surface area contributed by atoms with Crippen molar-refractivity contribution in [2.75, 3.05) is 23.4 Å². The second-order valence-corrected chi connectivity index (χ2v) is 7.45. The molecule has 0 atom stereocenters. The number of rotatable bonds is 8. The van der Waals surface area contributed by atoms with Crippen molar-refractivity contribution in [1.29, 1.82) is 5.41 Å². The molecule has 0 unspecified atom stereocenters. The second-order valence-electron chi connectivity index (χ2n) is 5.76. The summed E-state index contributed by atoms with van der Waals surface area (Å²) < 4.78 is 0.976. The Balaban J connectivity index is 1.83. The van der Waals surface area contributed by atoms with Crippen molar-refractivity contribution < 1.29 is 0 Å². The molecule has 0 radical (unpaired) electrons. The first kappa shape index (κ1) is 19.4. The van der Waals surface area contributed by atoms with Crippen LogP contribution in [-0.4, -0.2) is 29.0 Å². The Morgan fingerprint density at radius 2 is 1.85 bits per heavy atom. The Morgan fingerprint density at radius 3 is 2.56 bits per heavy atom. The maximum Gasteiger partial charge on any atom is 0.191 e. The van der Waals surface area contributed by atoms with E-state index in [-0.39, 0.29) is 0 Å². The van der Waals surface area contributed by atoms with Gasteiger partial charge in [0, 0.05) is 22.9 Å². The third-order valence-electron chi connectivity index (χ3n) is 3.89. The largest absolute Gasteiger partial charge is 0.369 e. The average Bonchev–Trinajstić information content (AvgIpc) is 2.68. The lowest BCUT2D eigenvalue weighted by molar-refractivity contribution is 0.942. The van der Waals surface area contributed by atoms with Crippen molar-refractivity contribution in [2.45, 2.75) is 11.6 Å². The van der Waals surface area contributed by atoms with E-state index in [1.54, 1.807) is 0 Å². The molecule has 0 amide bonds. The molecular weight excluding hydrogens is 422 g/mol. The van der Waals surface area contributed by atoms with E-state index in [2.05, 4.69) is 48.7 Å². The van der Waals surface area contributed by atoms with E-state index < -0.39 is 0 Å². The van der Waals surface area contributed by atoms with Crippen LogP contribution in [0.4, 0.5) is 17.3 Å². The molecule has 27 heavy (non-hydrogen) atoms. The Kier molecular flexibility index (Phi) is 6.84. The van der Waals surface area contributed by atoms with Crippen LogP contribution < -0.4 is 10.6 Å². The van der Waals surface area contributed by atoms with Crippen molar-refractivity contribution in [3.05, 3.63) is 70.2 Å². The molecule has 0 aliphatic carbocycles. The van der Waals surface area contributed by atoms with Gasteiger partial charge in [0.05, 0.1) is 5.56 Å². The molecule has 138 valence electrons. The molecule has 3 rings (SSSR count). The van der Waals surface area contributed by atoms with Gasteiger partial charge >= 0.3 is 0 Å². The molecule has 0 aliphatic heterocycles. The maximum absolute atomic E-state index is 7.86. The molecule has 0 bridgehead atoms. The second kappa shape index (κ2) is 9.53. The summed E-state index contributed by atoms with van der Waals surface area (Å²) >= 11 is 4.95. The summed E-state index contributed by atoms with van der Waals surface area (Å²) in [6.07, 6.45) is 4.11. The van der Waals surface area contributed by atoms with Crippen LogP contribution in [0.5, 0.6) is 0 Å². The fourth-order valence-electron chi connectivity index (χ4n) is 2.58. The predicted molar refractivity (Wildman–Crippen MR) is 118 cm³/mol. The van der Waals surface area contributed by atoms with E-state index in [4.69, 9.17) is 5.41 Å². The molecule has 7 heteroatoms. The topological polar surface area (TPSA) is 73.7 Å². The first-order valence-corrected chi connectivity index (χ1v) is 10.5. The van der Waals surface area contributed by atoms with Gasteiger partial charge in [-0.3, -0.25) is 0 Å². The van der Waals surface area contributed by atoms with Crippen molar-refractivity contribution in [2.24, 2.45) is 0 Å². The third kappa shape index (κ3) is 5.30. The molecule has 1 aromatic heterocycles. The van der Waals surface area contributed by atoms with Crippen LogP contribution in [0.1, 0.15) is 11.1 Å². The summed E-state index contributed by atoms with van der Waals surface area (Å²) in [4.78, 5) is 9.10. The van der Waals surface area contributed by atoms with E-state index in [1.807, 2.05) is 48.7 Å². The van der Waals surface area contributed by atoms with Crippen LogP contribution in [0.15, 0.2) is 64.2 Å². The molecule has 0 fully saturated rings. The highest BCUT2D eigenvalue weighted by atomic mass is 79.9. The molecule has 3 aromatic rings. The normalized spacial score (nSPS) is 10.4. The Bertz CT molecular complexity index is 918. The lowest BCUT2D eigenvalue weighted by atomic mass is 10.1. The quantitative estimate of drug-likeness (QED) is 0.249. The monoisotopic (exact) mass is 441 g/mol. The van der Waals surface area contributed by atoms with Crippen molar-refractivity contribution in [1.82, 2.24) is 9.97 Å².